The molecule has 212 valence electrons. The summed E-state index contributed by atoms with van der Waals surface area (Å²) in [7, 11) is 0. The molecule has 0 N–H and O–H groups in total. The maximum Gasteiger partial charge on any atom is 0.416 e. The molecule has 5 atom stereocenters. The van der Waals surface area contributed by atoms with Crippen LogP contribution in [0.5, 0.6) is 5.75 Å². The van der Waals surface area contributed by atoms with Crippen molar-refractivity contribution in [3.63, 3.8) is 0 Å². The number of para-hydroxylation sites is 1. The van der Waals surface area contributed by atoms with E-state index in [4.69, 9.17) is 4.74 Å². The lowest BCUT2D eigenvalue weighted by Gasteiger charge is -2.47. The number of carbonyl (C=O) groups is 2. The van der Waals surface area contributed by atoms with E-state index in [-0.39, 0.29) is 17.3 Å². The number of aryl methyl sites for hydroxylation is 2. The van der Waals surface area contributed by atoms with Crippen LogP contribution in [0.25, 0.3) is 0 Å². The van der Waals surface area contributed by atoms with Crippen molar-refractivity contribution in [2.45, 2.75) is 38.0 Å². The summed E-state index contributed by atoms with van der Waals surface area (Å²) >= 11 is 0. The smallest absolute Gasteiger partial charge is 0.416 e. The zero-order chi connectivity index (χ0) is 29.6. The highest BCUT2D eigenvalue weighted by molar-refractivity contribution is 6.00. The predicted octanol–water partition coefficient (Wildman–Crippen LogP) is 8.58. The van der Waals surface area contributed by atoms with Crippen LogP contribution in [-0.4, -0.2) is 12.1 Å². The van der Waals surface area contributed by atoms with E-state index in [9.17, 15) is 22.8 Å². The number of alkyl halides is 3. The lowest BCUT2D eigenvalue weighted by atomic mass is 9.58. The van der Waals surface area contributed by atoms with E-state index in [1.165, 1.54) is 12.1 Å². The number of hydrogen-bond acceptors (Lipinski definition) is 3. The van der Waals surface area contributed by atoms with Crippen LogP contribution in [0.3, 0.4) is 0 Å². The van der Waals surface area contributed by atoms with Crippen LogP contribution in [0.2, 0.25) is 0 Å². The molecule has 1 aliphatic carbocycles. The number of rotatable bonds is 5. The minimum atomic E-state index is -4.52. The van der Waals surface area contributed by atoms with Gasteiger partial charge in [0.05, 0.1) is 5.56 Å². The van der Waals surface area contributed by atoms with Gasteiger partial charge >= 0.3 is 6.18 Å². The van der Waals surface area contributed by atoms with Crippen molar-refractivity contribution in [1.82, 2.24) is 0 Å². The van der Waals surface area contributed by atoms with Gasteiger partial charge in [-0.1, -0.05) is 96.1 Å². The third-order valence-corrected chi connectivity index (χ3v) is 8.49. The Bertz CT molecular complexity index is 1690. The van der Waals surface area contributed by atoms with Crippen molar-refractivity contribution in [2.75, 3.05) is 0 Å². The molecule has 0 aromatic heterocycles. The fourth-order valence-electron chi connectivity index (χ4n) is 6.68. The number of halogens is 3. The molecule has 4 aromatic rings. The van der Waals surface area contributed by atoms with Gasteiger partial charge in [0.2, 0.25) is 0 Å². The molecule has 1 aliphatic heterocycles. The minimum Gasteiger partial charge on any atom is -0.485 e. The first-order valence-electron chi connectivity index (χ1n) is 13.9. The van der Waals surface area contributed by atoms with Gasteiger partial charge in [-0.2, -0.15) is 13.2 Å². The highest BCUT2D eigenvalue weighted by atomic mass is 19.4. The van der Waals surface area contributed by atoms with Crippen molar-refractivity contribution in [1.29, 1.82) is 0 Å². The quantitative estimate of drug-likeness (QED) is 0.180. The summed E-state index contributed by atoms with van der Waals surface area (Å²) in [6.45, 7) is 3.94. The lowest BCUT2D eigenvalue weighted by Crippen LogP contribution is -2.42. The Morgan fingerprint density at radius 2 is 1.45 bits per heavy atom. The summed E-state index contributed by atoms with van der Waals surface area (Å²) < 4.78 is 46.7. The first-order chi connectivity index (χ1) is 20.2. The number of ketones is 1. The van der Waals surface area contributed by atoms with E-state index in [0.717, 1.165) is 46.2 Å². The highest BCUT2D eigenvalue weighted by Gasteiger charge is 2.51. The molecule has 2 aliphatic rings. The van der Waals surface area contributed by atoms with E-state index in [0.29, 0.717) is 11.3 Å². The van der Waals surface area contributed by atoms with Gasteiger partial charge in [0.1, 0.15) is 18.1 Å². The van der Waals surface area contributed by atoms with Crippen molar-refractivity contribution >= 4 is 12.1 Å². The molecule has 0 fully saturated rings. The number of hydrogen-bond donors (Lipinski definition) is 0. The third-order valence-electron chi connectivity index (χ3n) is 8.49. The highest BCUT2D eigenvalue weighted by Crippen LogP contribution is 2.58. The van der Waals surface area contributed by atoms with Crippen LogP contribution < -0.4 is 4.74 Å². The number of allylic oxidation sites excluding steroid dienone is 1. The number of fused-ring (bicyclic) bond motifs is 3. The van der Waals surface area contributed by atoms with Crippen LogP contribution in [-0.2, 0) is 11.0 Å². The number of aldehydes is 1. The van der Waals surface area contributed by atoms with Crippen molar-refractivity contribution in [3.05, 3.63) is 148 Å². The first-order valence-corrected chi connectivity index (χ1v) is 13.9. The molecule has 6 heteroatoms. The number of carbonyl (C=O) groups excluding carboxylic acids is 2. The molecule has 1 heterocycles. The average Bonchev–Trinajstić information content (AvgIpc) is 2.99. The molecule has 0 saturated carbocycles. The number of benzene rings is 4. The van der Waals surface area contributed by atoms with E-state index in [2.05, 4.69) is 0 Å². The molecule has 0 saturated heterocycles. The molecule has 0 radical (unpaired) electrons. The second kappa shape index (κ2) is 10.8. The zero-order valence-corrected chi connectivity index (χ0v) is 23.1. The fourth-order valence-corrected chi connectivity index (χ4v) is 6.68. The van der Waals surface area contributed by atoms with Gasteiger partial charge in [-0.05, 0) is 54.3 Å². The molecule has 0 bridgehead atoms. The Morgan fingerprint density at radius 1 is 0.810 bits per heavy atom. The molecule has 42 heavy (non-hydrogen) atoms. The second-order valence-electron chi connectivity index (χ2n) is 11.2. The maximum atomic E-state index is 14.6. The SMILES string of the molecule is Cc1cccc([C@H]2C(C=O)=C[C@H]3[C@H](c4ccccc4O[C@H]3c3cccc(C)c3)[C@@H]2C(=O)c2ccc(C(F)(F)F)cc2)c1. The molecule has 6 rings (SSSR count). The summed E-state index contributed by atoms with van der Waals surface area (Å²) in [5.74, 6) is -1.78. The number of Topliss-reactive ketones (excluding diaryl/α,β-unsaturated/α-hetero) is 1. The van der Waals surface area contributed by atoms with Gasteiger partial charge in [-0.3, -0.25) is 9.59 Å². The van der Waals surface area contributed by atoms with E-state index in [1.807, 2.05) is 92.7 Å². The van der Waals surface area contributed by atoms with Gasteiger partial charge < -0.3 is 4.74 Å². The van der Waals surface area contributed by atoms with E-state index in [1.54, 1.807) is 0 Å². The zero-order valence-electron chi connectivity index (χ0n) is 23.1. The molecular formula is C36H29F3O3. The summed E-state index contributed by atoms with van der Waals surface area (Å²) in [4.78, 5) is 27.3. The van der Waals surface area contributed by atoms with Gasteiger partial charge in [0.15, 0.2) is 5.78 Å². The van der Waals surface area contributed by atoms with Crippen LogP contribution >= 0.6 is 0 Å². The maximum absolute atomic E-state index is 14.6. The fraction of sp³-hybridized carbons (Fsp3) is 0.222. The first kappa shape index (κ1) is 27.7. The lowest BCUT2D eigenvalue weighted by molar-refractivity contribution is -0.137. The van der Waals surface area contributed by atoms with Crippen LogP contribution in [0, 0.1) is 25.7 Å². The third kappa shape index (κ3) is 4.95. The van der Waals surface area contributed by atoms with Crippen LogP contribution in [0.15, 0.2) is 109 Å². The summed E-state index contributed by atoms with van der Waals surface area (Å²) in [5, 5.41) is 0. The van der Waals surface area contributed by atoms with Crippen molar-refractivity contribution < 1.29 is 27.5 Å². The van der Waals surface area contributed by atoms with Gasteiger partial charge in [0, 0.05) is 29.2 Å². The van der Waals surface area contributed by atoms with E-state index < -0.39 is 35.6 Å². The Hall–Kier alpha value is -4.45. The molecule has 0 spiro atoms. The van der Waals surface area contributed by atoms with E-state index >= 15 is 0 Å². The Balaban J connectivity index is 1.58. The topological polar surface area (TPSA) is 43.4 Å². The average molecular weight is 567 g/mol. The minimum absolute atomic E-state index is 0.174. The Kier molecular flexibility index (Phi) is 7.09. The molecule has 3 nitrogen and oxygen atoms in total. The summed E-state index contributed by atoms with van der Waals surface area (Å²) in [6.07, 6.45) is -2.23. The van der Waals surface area contributed by atoms with Gasteiger partial charge in [-0.15, -0.1) is 0 Å². The van der Waals surface area contributed by atoms with Crippen molar-refractivity contribution in [2.24, 2.45) is 11.8 Å². The summed E-state index contributed by atoms with van der Waals surface area (Å²) in [6, 6.07) is 27.7. The van der Waals surface area contributed by atoms with Crippen LogP contribution in [0.4, 0.5) is 13.2 Å². The molecular weight excluding hydrogens is 537 g/mol. The normalized spacial score (nSPS) is 23.2. The predicted molar refractivity (Wildman–Crippen MR) is 155 cm³/mol. The van der Waals surface area contributed by atoms with Crippen molar-refractivity contribution in [3.8, 4) is 5.75 Å². The second-order valence-corrected chi connectivity index (χ2v) is 11.2. The largest absolute Gasteiger partial charge is 0.485 e. The molecule has 0 amide bonds. The Morgan fingerprint density at radius 3 is 2.10 bits per heavy atom. The monoisotopic (exact) mass is 566 g/mol. The van der Waals surface area contributed by atoms with Crippen LogP contribution in [0.1, 0.15) is 61.7 Å². The molecule has 0 unspecified atom stereocenters. The van der Waals surface area contributed by atoms with Gasteiger partial charge in [0.25, 0.3) is 0 Å². The number of ether oxygens (including phenoxy) is 1. The summed E-state index contributed by atoms with van der Waals surface area (Å²) in [5.41, 5.74) is 4.43. The Labute approximate surface area is 242 Å². The van der Waals surface area contributed by atoms with Gasteiger partial charge in [-0.25, -0.2) is 0 Å². The molecule has 4 aromatic carbocycles. The standard InChI is InChI=1S/C36H29F3O3/c1-21-7-5-9-24(17-21)31-26(20-40)19-29-32(33(31)34(41)23-13-15-27(16-14-23)36(37,38)39)28-11-3-4-12-30(28)42-35(29)25-10-6-8-22(2)18-25/h3-20,29,31-33,35H,1-2H3/t29-,31-,32-,33+,35-/m0/s1.